The first-order valence-corrected chi connectivity index (χ1v) is 6.38. The second-order valence-corrected chi connectivity index (χ2v) is 5.10. The van der Waals surface area contributed by atoms with Crippen LogP contribution in [0.1, 0.15) is 12.8 Å². The molecular weight excluding hydrogens is 230 g/mol. The van der Waals surface area contributed by atoms with Gasteiger partial charge in [0.25, 0.3) is 0 Å². The molecule has 0 aliphatic carbocycles. The standard InChI is InChI=1S/C12H19N5O/c1-16-10-9(4-5-14-10)11(15-12(16)18)17-6-2-3-8(13)7-17/h4-5,8,10,14H,2-3,6-7,13H2,1H3,(H,15,18)/t8-,10?/m1/s1. The molecule has 0 aromatic carbocycles. The minimum atomic E-state index is -0.0749. The van der Waals surface area contributed by atoms with E-state index in [2.05, 4.69) is 15.5 Å². The summed E-state index contributed by atoms with van der Waals surface area (Å²) in [5.74, 6) is 0.916. The van der Waals surface area contributed by atoms with E-state index in [1.165, 1.54) is 0 Å². The molecule has 6 nitrogen and oxygen atoms in total. The van der Waals surface area contributed by atoms with Crippen LogP contribution in [-0.4, -0.2) is 48.2 Å². The molecule has 2 amide bonds. The number of piperidine rings is 1. The first-order chi connectivity index (χ1) is 8.66. The van der Waals surface area contributed by atoms with Gasteiger partial charge in [0.1, 0.15) is 12.0 Å². The van der Waals surface area contributed by atoms with E-state index >= 15 is 0 Å². The summed E-state index contributed by atoms with van der Waals surface area (Å²) in [4.78, 5) is 15.8. The quantitative estimate of drug-likeness (QED) is 0.597. The van der Waals surface area contributed by atoms with Crippen molar-refractivity contribution >= 4 is 6.03 Å². The summed E-state index contributed by atoms with van der Waals surface area (Å²) in [6.07, 6.45) is 6.00. The molecule has 3 rings (SSSR count). The number of likely N-dealkylation sites (tertiary alicyclic amines) is 1. The van der Waals surface area contributed by atoms with Gasteiger partial charge in [-0.2, -0.15) is 0 Å². The van der Waals surface area contributed by atoms with Crippen molar-refractivity contribution in [1.82, 2.24) is 20.4 Å². The highest BCUT2D eigenvalue weighted by Crippen LogP contribution is 2.25. The molecule has 0 radical (unpaired) electrons. The minimum Gasteiger partial charge on any atom is -0.367 e. The predicted molar refractivity (Wildman–Crippen MR) is 68.2 cm³/mol. The van der Waals surface area contributed by atoms with Gasteiger partial charge in [0.15, 0.2) is 0 Å². The molecule has 3 aliphatic rings. The Kier molecular flexibility index (Phi) is 2.66. The Morgan fingerprint density at radius 3 is 3.11 bits per heavy atom. The van der Waals surface area contributed by atoms with E-state index in [4.69, 9.17) is 5.73 Å². The van der Waals surface area contributed by atoms with Gasteiger partial charge in [-0.05, 0) is 25.1 Å². The zero-order valence-corrected chi connectivity index (χ0v) is 10.5. The Labute approximate surface area is 106 Å². The molecule has 0 saturated carbocycles. The molecule has 18 heavy (non-hydrogen) atoms. The fourth-order valence-corrected chi connectivity index (χ4v) is 2.79. The molecule has 0 spiro atoms. The lowest BCUT2D eigenvalue weighted by molar-refractivity contribution is 0.173. The molecule has 3 heterocycles. The van der Waals surface area contributed by atoms with Crippen molar-refractivity contribution < 1.29 is 4.79 Å². The Morgan fingerprint density at radius 1 is 1.50 bits per heavy atom. The molecule has 0 aromatic heterocycles. The van der Waals surface area contributed by atoms with Gasteiger partial charge < -0.3 is 20.9 Å². The summed E-state index contributed by atoms with van der Waals surface area (Å²) < 4.78 is 0. The number of carbonyl (C=O) groups excluding carboxylic acids is 1. The average molecular weight is 249 g/mol. The number of amides is 2. The van der Waals surface area contributed by atoms with E-state index in [9.17, 15) is 4.79 Å². The fraction of sp³-hybridized carbons (Fsp3) is 0.583. The molecule has 98 valence electrons. The van der Waals surface area contributed by atoms with E-state index in [1.807, 2.05) is 12.3 Å². The van der Waals surface area contributed by atoms with Crippen LogP contribution in [0.4, 0.5) is 4.79 Å². The number of carbonyl (C=O) groups is 1. The summed E-state index contributed by atoms with van der Waals surface area (Å²) in [5.41, 5.74) is 7.13. The topological polar surface area (TPSA) is 73.6 Å². The van der Waals surface area contributed by atoms with Gasteiger partial charge in [-0.1, -0.05) is 0 Å². The highest BCUT2D eigenvalue weighted by atomic mass is 16.2. The van der Waals surface area contributed by atoms with E-state index in [1.54, 1.807) is 11.9 Å². The van der Waals surface area contributed by atoms with Crippen molar-refractivity contribution in [2.24, 2.45) is 5.73 Å². The molecule has 6 heteroatoms. The predicted octanol–water partition coefficient (Wildman–Crippen LogP) is -0.281. The second kappa shape index (κ2) is 4.20. The van der Waals surface area contributed by atoms with Gasteiger partial charge in [-0.15, -0.1) is 0 Å². The summed E-state index contributed by atoms with van der Waals surface area (Å²) in [6, 6.07) is 0.120. The Hall–Kier alpha value is -1.69. The molecule has 4 N–H and O–H groups in total. The number of urea groups is 1. The summed E-state index contributed by atoms with van der Waals surface area (Å²) in [5, 5.41) is 6.16. The van der Waals surface area contributed by atoms with Crippen LogP contribution in [0, 0.1) is 0 Å². The summed E-state index contributed by atoms with van der Waals surface area (Å²) in [7, 11) is 1.79. The van der Waals surface area contributed by atoms with Crippen molar-refractivity contribution in [2.75, 3.05) is 20.1 Å². The maximum Gasteiger partial charge on any atom is 0.324 e. The zero-order chi connectivity index (χ0) is 12.7. The third-order valence-electron chi connectivity index (χ3n) is 3.79. The van der Waals surface area contributed by atoms with Gasteiger partial charge in [-0.3, -0.25) is 5.32 Å². The molecule has 0 bridgehead atoms. The third-order valence-corrected chi connectivity index (χ3v) is 3.79. The number of nitrogens with one attached hydrogen (secondary N) is 2. The number of rotatable bonds is 1. The molecule has 1 saturated heterocycles. The monoisotopic (exact) mass is 249 g/mol. The van der Waals surface area contributed by atoms with Crippen LogP contribution in [0.25, 0.3) is 0 Å². The Balaban J connectivity index is 1.91. The number of nitrogens with zero attached hydrogens (tertiary/aromatic N) is 2. The molecule has 3 aliphatic heterocycles. The molecule has 1 fully saturated rings. The maximum absolute atomic E-state index is 11.9. The van der Waals surface area contributed by atoms with E-state index < -0.39 is 0 Å². The van der Waals surface area contributed by atoms with Crippen molar-refractivity contribution in [3.05, 3.63) is 23.7 Å². The molecule has 1 unspecified atom stereocenters. The molecular formula is C12H19N5O. The van der Waals surface area contributed by atoms with Crippen LogP contribution >= 0.6 is 0 Å². The smallest absolute Gasteiger partial charge is 0.324 e. The zero-order valence-electron chi connectivity index (χ0n) is 10.5. The van der Waals surface area contributed by atoms with Gasteiger partial charge in [0.05, 0.1) is 0 Å². The first-order valence-electron chi connectivity index (χ1n) is 6.38. The summed E-state index contributed by atoms with van der Waals surface area (Å²) in [6.45, 7) is 1.76. The Bertz CT molecular complexity index is 430. The van der Waals surface area contributed by atoms with Crippen LogP contribution in [0.15, 0.2) is 23.7 Å². The van der Waals surface area contributed by atoms with Crippen molar-refractivity contribution in [3.63, 3.8) is 0 Å². The third kappa shape index (κ3) is 1.73. The normalized spacial score (nSPS) is 31.3. The minimum absolute atomic E-state index is 0.0492. The second-order valence-electron chi connectivity index (χ2n) is 5.10. The van der Waals surface area contributed by atoms with Crippen molar-refractivity contribution in [2.45, 2.75) is 25.0 Å². The van der Waals surface area contributed by atoms with Gasteiger partial charge in [0, 0.05) is 31.8 Å². The molecule has 2 atom stereocenters. The lowest BCUT2D eigenvalue weighted by Gasteiger charge is -2.40. The Morgan fingerprint density at radius 2 is 2.33 bits per heavy atom. The maximum atomic E-state index is 11.9. The van der Waals surface area contributed by atoms with Crippen LogP contribution in [0.5, 0.6) is 0 Å². The SMILES string of the molecule is CN1C(=O)NC(N2CCC[C@@H](N)C2)=C2C=CNC21. The highest BCUT2D eigenvalue weighted by molar-refractivity contribution is 5.79. The number of hydrogen-bond donors (Lipinski definition) is 3. The lowest BCUT2D eigenvalue weighted by atomic mass is 10.1. The van der Waals surface area contributed by atoms with Gasteiger partial charge in [0.2, 0.25) is 0 Å². The van der Waals surface area contributed by atoms with Crippen molar-refractivity contribution in [3.8, 4) is 0 Å². The number of likely N-dealkylation sites (N-methyl/N-ethyl adjacent to an activating group) is 1. The van der Waals surface area contributed by atoms with Crippen LogP contribution < -0.4 is 16.4 Å². The van der Waals surface area contributed by atoms with Crippen LogP contribution in [0.3, 0.4) is 0 Å². The van der Waals surface area contributed by atoms with E-state index in [0.29, 0.717) is 0 Å². The first kappa shape index (κ1) is 11.4. The average Bonchev–Trinajstić information content (AvgIpc) is 2.83. The van der Waals surface area contributed by atoms with Gasteiger partial charge >= 0.3 is 6.03 Å². The van der Waals surface area contributed by atoms with E-state index in [0.717, 1.165) is 37.3 Å². The largest absolute Gasteiger partial charge is 0.367 e. The lowest BCUT2D eigenvalue weighted by Crippen LogP contribution is -2.56. The number of hydrogen-bond acceptors (Lipinski definition) is 4. The number of fused-ring (bicyclic) bond motifs is 1. The van der Waals surface area contributed by atoms with E-state index in [-0.39, 0.29) is 18.2 Å². The van der Waals surface area contributed by atoms with Gasteiger partial charge in [-0.25, -0.2) is 4.79 Å². The highest BCUT2D eigenvalue weighted by Gasteiger charge is 2.35. The van der Waals surface area contributed by atoms with Crippen LogP contribution in [0.2, 0.25) is 0 Å². The van der Waals surface area contributed by atoms with Crippen molar-refractivity contribution in [1.29, 1.82) is 0 Å². The fourth-order valence-electron chi connectivity index (χ4n) is 2.79. The molecule has 0 aromatic rings. The van der Waals surface area contributed by atoms with Crippen LogP contribution in [-0.2, 0) is 0 Å². The number of nitrogens with two attached hydrogens (primary N) is 1. The summed E-state index contributed by atoms with van der Waals surface area (Å²) >= 11 is 0.